The first-order chi connectivity index (χ1) is 21.0. The smallest absolute Gasteiger partial charge is 0.318 e. The minimum atomic E-state index is -1.34. The SMILES string of the molecule is CCC1=C(C)C2=NC1=CC1=C(C)C3=C(O)C(C(=O)O)C(=C4N=C(C=c5[nH]c(c(CC)c5C)=C2)C(C)=C4CCC(=O)OC)C3=N1. The van der Waals surface area contributed by atoms with Crippen LogP contribution in [0, 0.1) is 12.8 Å². The van der Waals surface area contributed by atoms with Crippen LogP contribution in [0.2, 0.25) is 0 Å². The second-order valence-electron chi connectivity index (χ2n) is 11.6. The average molecular weight is 593 g/mol. The number of carbonyl (C=O) groups excluding carboxylic acids is 1. The zero-order chi connectivity index (χ0) is 31.6. The lowest BCUT2D eigenvalue weighted by Crippen LogP contribution is -2.19. The summed E-state index contributed by atoms with van der Waals surface area (Å²) in [7, 11) is 1.34. The first-order valence-corrected chi connectivity index (χ1v) is 15.0. The van der Waals surface area contributed by atoms with E-state index < -0.39 is 11.9 Å². The molecule has 1 unspecified atom stereocenters. The van der Waals surface area contributed by atoms with Crippen LogP contribution in [-0.2, 0) is 20.7 Å². The first-order valence-electron chi connectivity index (χ1n) is 15.0. The van der Waals surface area contributed by atoms with Crippen molar-refractivity contribution in [2.24, 2.45) is 20.9 Å². The van der Waals surface area contributed by atoms with E-state index in [-0.39, 0.29) is 18.1 Å². The minimum absolute atomic E-state index is 0.0973. The number of hydrogen-bond donors (Lipinski definition) is 3. The number of rotatable bonds is 6. The number of H-pyrrole nitrogens is 1. The molecule has 6 rings (SSSR count). The average Bonchev–Trinajstić information content (AvgIpc) is 3.72. The van der Waals surface area contributed by atoms with Crippen molar-refractivity contribution in [3.05, 3.63) is 89.8 Å². The molecule has 0 amide bonds. The van der Waals surface area contributed by atoms with E-state index in [1.807, 2.05) is 26.0 Å². The Morgan fingerprint density at radius 3 is 2.25 bits per heavy atom. The van der Waals surface area contributed by atoms with Gasteiger partial charge >= 0.3 is 11.9 Å². The lowest BCUT2D eigenvalue weighted by atomic mass is 9.92. The van der Waals surface area contributed by atoms with E-state index in [9.17, 15) is 19.8 Å². The van der Waals surface area contributed by atoms with Crippen LogP contribution in [-0.4, -0.2) is 51.4 Å². The van der Waals surface area contributed by atoms with Gasteiger partial charge < -0.3 is 19.9 Å². The quantitative estimate of drug-likeness (QED) is 0.409. The number of nitrogens with zero attached hydrogens (tertiary/aromatic N) is 3. The Morgan fingerprint density at radius 1 is 0.909 bits per heavy atom. The van der Waals surface area contributed by atoms with E-state index in [4.69, 9.17) is 19.7 Å². The van der Waals surface area contributed by atoms with Gasteiger partial charge in [-0.1, -0.05) is 13.8 Å². The molecule has 0 spiro atoms. The largest absolute Gasteiger partial charge is 0.510 e. The highest BCUT2D eigenvalue weighted by Crippen LogP contribution is 2.47. The second-order valence-corrected chi connectivity index (χ2v) is 11.6. The van der Waals surface area contributed by atoms with Gasteiger partial charge in [0.25, 0.3) is 0 Å². The number of aliphatic carboxylic acids is 1. The van der Waals surface area contributed by atoms with Crippen molar-refractivity contribution >= 4 is 41.2 Å². The van der Waals surface area contributed by atoms with E-state index in [0.717, 1.165) is 62.8 Å². The van der Waals surface area contributed by atoms with Crippen LogP contribution in [0.25, 0.3) is 12.2 Å². The van der Waals surface area contributed by atoms with Crippen molar-refractivity contribution in [2.75, 3.05) is 7.11 Å². The number of carbonyl (C=O) groups is 2. The van der Waals surface area contributed by atoms with E-state index >= 15 is 0 Å². The number of allylic oxidation sites excluding steroid dienone is 7. The molecular formula is C35H36N4O5. The van der Waals surface area contributed by atoms with Crippen molar-refractivity contribution in [3.63, 3.8) is 0 Å². The molecule has 5 aliphatic rings. The van der Waals surface area contributed by atoms with E-state index in [0.29, 0.717) is 46.0 Å². The number of hydrogen-bond acceptors (Lipinski definition) is 7. The van der Waals surface area contributed by atoms with Crippen molar-refractivity contribution in [2.45, 2.75) is 67.2 Å². The summed E-state index contributed by atoms with van der Waals surface area (Å²) in [6, 6.07) is 0. The van der Waals surface area contributed by atoms with Gasteiger partial charge in [-0.2, -0.15) is 0 Å². The van der Waals surface area contributed by atoms with Gasteiger partial charge in [0.1, 0.15) is 11.7 Å². The van der Waals surface area contributed by atoms with Crippen molar-refractivity contribution in [1.82, 2.24) is 4.98 Å². The lowest BCUT2D eigenvalue weighted by Gasteiger charge is -2.14. The molecule has 1 aliphatic carbocycles. The molecule has 0 aromatic carbocycles. The molecule has 0 fully saturated rings. The Balaban J connectivity index is 1.72. The van der Waals surface area contributed by atoms with Crippen LogP contribution in [0.4, 0.5) is 0 Å². The van der Waals surface area contributed by atoms with Gasteiger partial charge in [0.05, 0.1) is 41.3 Å². The third-order valence-electron chi connectivity index (χ3n) is 9.35. The van der Waals surface area contributed by atoms with Crippen molar-refractivity contribution in [1.29, 1.82) is 0 Å². The summed E-state index contributed by atoms with van der Waals surface area (Å²) in [5.74, 6) is -3.17. The summed E-state index contributed by atoms with van der Waals surface area (Å²) in [6.07, 6.45) is 8.00. The van der Waals surface area contributed by atoms with Gasteiger partial charge in [-0.3, -0.25) is 9.59 Å². The highest BCUT2D eigenvalue weighted by molar-refractivity contribution is 6.27. The molecule has 8 bridgehead atoms. The Kier molecular flexibility index (Phi) is 7.14. The Morgan fingerprint density at radius 2 is 1.59 bits per heavy atom. The number of aliphatic imine (C=N–C) groups is 3. The number of carboxylic acid groups (broad SMARTS) is 1. The zero-order valence-electron chi connectivity index (χ0n) is 26.1. The molecule has 1 atom stereocenters. The minimum Gasteiger partial charge on any atom is -0.510 e. The number of aliphatic hydroxyl groups excluding tert-OH is 1. The molecular weight excluding hydrogens is 556 g/mol. The van der Waals surface area contributed by atoms with Crippen LogP contribution >= 0.6 is 0 Å². The summed E-state index contributed by atoms with van der Waals surface area (Å²) in [6.45, 7) is 12.2. The number of ether oxygens (including phenoxy) is 1. The maximum atomic E-state index is 12.7. The van der Waals surface area contributed by atoms with Gasteiger partial charge in [0.2, 0.25) is 0 Å². The Labute approximate surface area is 255 Å². The summed E-state index contributed by atoms with van der Waals surface area (Å²) in [5, 5.41) is 23.7. The predicted molar refractivity (Wildman–Crippen MR) is 171 cm³/mol. The summed E-state index contributed by atoms with van der Waals surface area (Å²) >= 11 is 0. The number of esters is 1. The van der Waals surface area contributed by atoms with Gasteiger partial charge in [0.15, 0.2) is 0 Å². The van der Waals surface area contributed by atoms with E-state index in [1.165, 1.54) is 12.7 Å². The van der Waals surface area contributed by atoms with Gasteiger partial charge in [-0.05, 0) is 104 Å². The first kappa shape index (κ1) is 29.3. The Bertz CT molecular complexity index is 2000. The molecule has 4 aliphatic heterocycles. The van der Waals surface area contributed by atoms with Gasteiger partial charge in [0, 0.05) is 28.3 Å². The number of carboxylic acids is 1. The highest BCUT2D eigenvalue weighted by atomic mass is 16.5. The number of methoxy groups -OCH3 is 1. The highest BCUT2D eigenvalue weighted by Gasteiger charge is 2.46. The third kappa shape index (κ3) is 4.32. The van der Waals surface area contributed by atoms with Gasteiger partial charge in [-0.15, -0.1) is 0 Å². The molecule has 0 saturated carbocycles. The monoisotopic (exact) mass is 592 g/mol. The number of fused-ring (bicyclic) bond motifs is 5. The molecule has 3 N–H and O–H groups in total. The summed E-state index contributed by atoms with van der Waals surface area (Å²) in [4.78, 5) is 43.5. The van der Waals surface area contributed by atoms with Crippen molar-refractivity contribution < 1.29 is 24.5 Å². The van der Waals surface area contributed by atoms with E-state index in [1.54, 1.807) is 0 Å². The second kappa shape index (κ2) is 10.7. The number of aromatic amines is 1. The molecule has 44 heavy (non-hydrogen) atoms. The lowest BCUT2D eigenvalue weighted by molar-refractivity contribution is -0.141. The van der Waals surface area contributed by atoms with E-state index in [2.05, 4.69) is 38.8 Å². The molecule has 9 nitrogen and oxygen atoms in total. The fourth-order valence-corrected chi connectivity index (χ4v) is 6.86. The topological polar surface area (TPSA) is 137 Å². The summed E-state index contributed by atoms with van der Waals surface area (Å²) in [5.41, 5.74) is 11.2. The fourth-order valence-electron chi connectivity index (χ4n) is 6.86. The van der Waals surface area contributed by atoms with Crippen LogP contribution in [0.3, 0.4) is 0 Å². The normalized spacial score (nSPS) is 20.7. The molecule has 226 valence electrons. The predicted octanol–water partition coefficient (Wildman–Crippen LogP) is 4.76. The maximum Gasteiger partial charge on any atom is 0.318 e. The number of aromatic nitrogens is 1. The summed E-state index contributed by atoms with van der Waals surface area (Å²) < 4.78 is 4.92. The molecule has 1 aromatic rings. The Hall–Kier alpha value is -4.79. The van der Waals surface area contributed by atoms with Crippen LogP contribution < -0.4 is 10.7 Å². The maximum absolute atomic E-state index is 12.7. The van der Waals surface area contributed by atoms with Crippen LogP contribution in [0.15, 0.2) is 82.9 Å². The van der Waals surface area contributed by atoms with Crippen LogP contribution in [0.1, 0.15) is 65.0 Å². The molecule has 0 saturated heterocycles. The van der Waals surface area contributed by atoms with Crippen LogP contribution in [0.5, 0.6) is 0 Å². The van der Waals surface area contributed by atoms with Crippen molar-refractivity contribution in [3.8, 4) is 0 Å². The third-order valence-corrected chi connectivity index (χ3v) is 9.35. The zero-order valence-corrected chi connectivity index (χ0v) is 26.1. The van der Waals surface area contributed by atoms with Gasteiger partial charge in [-0.25, -0.2) is 15.0 Å². The standard InChI is InChI=1S/C35H36N4O5/c1-8-19-15(3)22-12-24-17(5)21(10-11-28(40)44-7)32(38-24)30-31(35(42)43)34(41)29-18(6)25(39-33(29)30)14-27-20(9-2)16(4)23(37-27)13-26(19)36-22/h12-14,31,36,41H,8-11H2,1-7H3,(H,42,43). The number of nitrogens with one attached hydrogen (secondary N) is 1. The molecule has 9 heteroatoms. The molecule has 5 heterocycles. The number of aliphatic hydroxyl groups is 1. The fraction of sp³-hybridized carbons (Fsp3) is 0.343. The molecule has 1 aromatic heterocycles. The molecule has 0 radical (unpaired) electrons.